The maximum atomic E-state index is 13.3. The SMILES string of the molecule is Fc1ccc(C(Br)C2Cc3ccccc3C2)cc1Br. The normalized spacial score (nSPS) is 16.4. The summed E-state index contributed by atoms with van der Waals surface area (Å²) in [5.41, 5.74) is 4.02. The first kappa shape index (κ1) is 13.3. The number of fused-ring (bicyclic) bond motifs is 1. The minimum Gasteiger partial charge on any atom is -0.206 e. The molecule has 0 saturated carbocycles. The Hall–Kier alpha value is -0.670. The number of alkyl halides is 1. The van der Waals surface area contributed by atoms with Gasteiger partial charge in [-0.1, -0.05) is 46.3 Å². The van der Waals surface area contributed by atoms with E-state index in [4.69, 9.17) is 0 Å². The van der Waals surface area contributed by atoms with Crippen molar-refractivity contribution >= 4 is 31.9 Å². The number of halogens is 3. The monoisotopic (exact) mass is 382 g/mol. The molecule has 1 unspecified atom stereocenters. The van der Waals surface area contributed by atoms with Crippen molar-refractivity contribution in [3.05, 3.63) is 69.4 Å². The first-order chi connectivity index (χ1) is 9.15. The van der Waals surface area contributed by atoms with Crippen LogP contribution in [0, 0.1) is 11.7 Å². The molecule has 0 saturated heterocycles. The van der Waals surface area contributed by atoms with Gasteiger partial charge in [0.05, 0.1) is 4.47 Å². The van der Waals surface area contributed by atoms with Gasteiger partial charge in [-0.05, 0) is 63.5 Å². The van der Waals surface area contributed by atoms with Crippen LogP contribution in [0.4, 0.5) is 4.39 Å². The Morgan fingerprint density at radius 1 is 1.05 bits per heavy atom. The molecule has 0 aliphatic heterocycles. The van der Waals surface area contributed by atoms with Crippen LogP contribution in [0.3, 0.4) is 0 Å². The van der Waals surface area contributed by atoms with Gasteiger partial charge in [-0.15, -0.1) is 0 Å². The van der Waals surface area contributed by atoms with E-state index in [1.165, 1.54) is 17.2 Å². The van der Waals surface area contributed by atoms with E-state index in [0.29, 0.717) is 10.4 Å². The molecule has 1 aliphatic carbocycles. The van der Waals surface area contributed by atoms with Crippen molar-refractivity contribution in [2.75, 3.05) is 0 Å². The number of hydrogen-bond donors (Lipinski definition) is 0. The largest absolute Gasteiger partial charge is 0.206 e. The molecule has 0 N–H and O–H groups in total. The van der Waals surface area contributed by atoms with E-state index in [1.807, 2.05) is 12.1 Å². The molecule has 3 rings (SSSR count). The molecule has 0 bridgehead atoms. The van der Waals surface area contributed by atoms with Gasteiger partial charge in [0.25, 0.3) is 0 Å². The number of rotatable bonds is 2. The van der Waals surface area contributed by atoms with E-state index in [9.17, 15) is 4.39 Å². The van der Waals surface area contributed by atoms with Gasteiger partial charge in [0.1, 0.15) is 5.82 Å². The van der Waals surface area contributed by atoms with E-state index in [-0.39, 0.29) is 10.6 Å². The summed E-state index contributed by atoms with van der Waals surface area (Å²) >= 11 is 7.04. The van der Waals surface area contributed by atoms with Crippen molar-refractivity contribution in [2.24, 2.45) is 5.92 Å². The van der Waals surface area contributed by atoms with Crippen LogP contribution in [-0.2, 0) is 12.8 Å². The van der Waals surface area contributed by atoms with Gasteiger partial charge in [-0.2, -0.15) is 0 Å². The summed E-state index contributed by atoms with van der Waals surface area (Å²) in [5.74, 6) is 0.327. The van der Waals surface area contributed by atoms with Crippen molar-refractivity contribution in [3.63, 3.8) is 0 Å². The fourth-order valence-electron chi connectivity index (χ4n) is 2.76. The molecule has 19 heavy (non-hydrogen) atoms. The van der Waals surface area contributed by atoms with Crippen molar-refractivity contribution < 1.29 is 4.39 Å². The van der Waals surface area contributed by atoms with E-state index in [2.05, 4.69) is 56.1 Å². The minimum absolute atomic E-state index is 0.210. The Labute approximate surface area is 129 Å². The molecule has 1 aliphatic rings. The Balaban J connectivity index is 1.82. The summed E-state index contributed by atoms with van der Waals surface area (Å²) in [6.45, 7) is 0. The summed E-state index contributed by atoms with van der Waals surface area (Å²) in [5, 5.41) is 0. The standard InChI is InChI=1S/C16H13Br2F/c17-14-9-12(5-6-15(14)19)16(18)13-7-10-3-1-2-4-11(10)8-13/h1-6,9,13,16H,7-8H2. The van der Waals surface area contributed by atoms with Gasteiger partial charge in [-0.25, -0.2) is 4.39 Å². The Morgan fingerprint density at radius 2 is 1.68 bits per heavy atom. The Bertz CT molecular complexity index is 584. The van der Waals surface area contributed by atoms with Crippen molar-refractivity contribution in [2.45, 2.75) is 17.7 Å². The second kappa shape index (κ2) is 5.37. The van der Waals surface area contributed by atoms with E-state index < -0.39 is 0 Å². The lowest BCUT2D eigenvalue weighted by molar-refractivity contribution is 0.552. The predicted octanol–water partition coefficient (Wildman–Crippen LogP) is 5.44. The van der Waals surface area contributed by atoms with Crippen LogP contribution in [0.15, 0.2) is 46.9 Å². The Kier molecular flexibility index (Phi) is 3.77. The van der Waals surface area contributed by atoms with E-state index >= 15 is 0 Å². The molecular formula is C16H13Br2F. The van der Waals surface area contributed by atoms with Crippen LogP contribution in [0.25, 0.3) is 0 Å². The van der Waals surface area contributed by atoms with Crippen LogP contribution in [-0.4, -0.2) is 0 Å². The minimum atomic E-state index is -0.210. The van der Waals surface area contributed by atoms with Crippen LogP contribution in [0.2, 0.25) is 0 Å². The second-order valence-electron chi connectivity index (χ2n) is 5.01. The molecule has 0 amide bonds. The van der Waals surface area contributed by atoms with Crippen molar-refractivity contribution in [3.8, 4) is 0 Å². The van der Waals surface area contributed by atoms with Gasteiger partial charge < -0.3 is 0 Å². The highest BCUT2D eigenvalue weighted by Gasteiger charge is 2.28. The highest BCUT2D eigenvalue weighted by molar-refractivity contribution is 9.10. The molecule has 2 aromatic rings. The molecule has 0 heterocycles. The summed E-state index contributed by atoms with van der Waals surface area (Å²) in [6, 6.07) is 13.9. The molecule has 0 aromatic heterocycles. The molecule has 2 aromatic carbocycles. The zero-order valence-electron chi connectivity index (χ0n) is 10.2. The second-order valence-corrected chi connectivity index (χ2v) is 6.85. The van der Waals surface area contributed by atoms with Crippen LogP contribution < -0.4 is 0 Å². The number of benzene rings is 2. The van der Waals surface area contributed by atoms with Gasteiger partial charge in [0.2, 0.25) is 0 Å². The highest BCUT2D eigenvalue weighted by Crippen LogP contribution is 2.41. The topological polar surface area (TPSA) is 0 Å². The van der Waals surface area contributed by atoms with E-state index in [0.717, 1.165) is 18.4 Å². The third kappa shape index (κ3) is 2.63. The van der Waals surface area contributed by atoms with Gasteiger partial charge in [0.15, 0.2) is 0 Å². The Morgan fingerprint density at radius 3 is 2.26 bits per heavy atom. The molecule has 0 nitrogen and oxygen atoms in total. The summed E-state index contributed by atoms with van der Waals surface area (Å²) in [6.07, 6.45) is 2.17. The molecule has 1 atom stereocenters. The summed E-state index contributed by atoms with van der Waals surface area (Å²) in [4.78, 5) is 0.261. The van der Waals surface area contributed by atoms with Crippen LogP contribution in [0.1, 0.15) is 21.5 Å². The third-order valence-corrected chi connectivity index (χ3v) is 5.64. The lowest BCUT2D eigenvalue weighted by atomic mass is 9.96. The third-order valence-electron chi connectivity index (χ3n) is 3.76. The smallest absolute Gasteiger partial charge is 0.137 e. The molecule has 0 radical (unpaired) electrons. The van der Waals surface area contributed by atoms with Gasteiger partial charge in [-0.3, -0.25) is 0 Å². The first-order valence-corrected chi connectivity index (χ1v) is 8.02. The summed E-state index contributed by atoms with van der Waals surface area (Å²) < 4.78 is 13.8. The predicted molar refractivity (Wildman–Crippen MR) is 83.1 cm³/mol. The quantitative estimate of drug-likeness (QED) is 0.605. The molecule has 0 spiro atoms. The van der Waals surface area contributed by atoms with Crippen molar-refractivity contribution in [1.29, 1.82) is 0 Å². The molecule has 3 heteroatoms. The molecule has 98 valence electrons. The average Bonchev–Trinajstić information content (AvgIpc) is 2.85. The lowest BCUT2D eigenvalue weighted by Gasteiger charge is -2.18. The fraction of sp³-hybridized carbons (Fsp3) is 0.250. The maximum Gasteiger partial charge on any atom is 0.137 e. The van der Waals surface area contributed by atoms with Gasteiger partial charge in [0, 0.05) is 4.83 Å². The average molecular weight is 384 g/mol. The highest BCUT2D eigenvalue weighted by atomic mass is 79.9. The first-order valence-electron chi connectivity index (χ1n) is 6.31. The van der Waals surface area contributed by atoms with Crippen LogP contribution in [0.5, 0.6) is 0 Å². The molecule has 0 fully saturated rings. The zero-order chi connectivity index (χ0) is 13.4. The fourth-order valence-corrected chi connectivity index (χ4v) is 3.81. The van der Waals surface area contributed by atoms with Crippen LogP contribution >= 0.6 is 31.9 Å². The van der Waals surface area contributed by atoms with Crippen molar-refractivity contribution in [1.82, 2.24) is 0 Å². The zero-order valence-corrected chi connectivity index (χ0v) is 13.4. The molecular weight excluding hydrogens is 371 g/mol. The van der Waals surface area contributed by atoms with Gasteiger partial charge >= 0.3 is 0 Å². The lowest BCUT2D eigenvalue weighted by Crippen LogP contribution is -2.07. The van der Waals surface area contributed by atoms with E-state index in [1.54, 1.807) is 0 Å². The number of hydrogen-bond acceptors (Lipinski definition) is 0. The maximum absolute atomic E-state index is 13.3. The summed E-state index contributed by atoms with van der Waals surface area (Å²) in [7, 11) is 0.